The Morgan fingerprint density at radius 1 is 1.08 bits per heavy atom. The van der Waals surface area contributed by atoms with E-state index in [9.17, 15) is 14.4 Å². The summed E-state index contributed by atoms with van der Waals surface area (Å²) in [5.41, 5.74) is 1.15. The van der Waals surface area contributed by atoms with E-state index >= 15 is 0 Å². The van der Waals surface area contributed by atoms with E-state index in [4.69, 9.17) is 0 Å². The van der Waals surface area contributed by atoms with Crippen molar-refractivity contribution in [3.05, 3.63) is 29.8 Å². The van der Waals surface area contributed by atoms with Crippen LogP contribution >= 0.6 is 0 Å². The Balaban J connectivity index is 1.95. The first-order valence-electron chi connectivity index (χ1n) is 8.31. The van der Waals surface area contributed by atoms with Crippen LogP contribution in [0.4, 0.5) is 5.69 Å². The highest BCUT2D eigenvalue weighted by atomic mass is 16.2. The smallest absolute Gasteiger partial charge is 0.254 e. The van der Waals surface area contributed by atoms with Gasteiger partial charge in [0.25, 0.3) is 5.91 Å². The maximum Gasteiger partial charge on any atom is 0.254 e. The first-order valence-corrected chi connectivity index (χ1v) is 8.31. The van der Waals surface area contributed by atoms with Gasteiger partial charge in [-0.1, -0.05) is 19.9 Å². The molecule has 1 aromatic carbocycles. The number of nitrogens with one attached hydrogen (secondary N) is 1. The number of amides is 3. The van der Waals surface area contributed by atoms with Crippen molar-refractivity contribution in [3.63, 3.8) is 0 Å². The fraction of sp³-hybridized carbons (Fsp3) is 0.500. The number of benzene rings is 1. The van der Waals surface area contributed by atoms with Gasteiger partial charge in [0.1, 0.15) is 0 Å². The van der Waals surface area contributed by atoms with Gasteiger partial charge in [0, 0.05) is 50.8 Å². The number of hydrogen-bond acceptors (Lipinski definition) is 3. The van der Waals surface area contributed by atoms with Crippen molar-refractivity contribution in [2.24, 2.45) is 5.92 Å². The molecule has 0 aromatic heterocycles. The molecule has 130 valence electrons. The second-order valence-electron chi connectivity index (χ2n) is 6.53. The molecule has 0 spiro atoms. The van der Waals surface area contributed by atoms with Gasteiger partial charge >= 0.3 is 0 Å². The van der Waals surface area contributed by atoms with Crippen LogP contribution in [-0.2, 0) is 9.59 Å². The van der Waals surface area contributed by atoms with Gasteiger partial charge < -0.3 is 15.1 Å². The Morgan fingerprint density at radius 3 is 2.29 bits per heavy atom. The van der Waals surface area contributed by atoms with E-state index in [1.807, 2.05) is 18.7 Å². The standard InChI is InChI=1S/C18H25N3O3/c1-13(2)11-17(23)20-7-9-21(10-8-20)18(24)15-5-4-6-16(12-15)19-14(3)22/h4-6,12-13H,7-11H2,1-3H3,(H,19,22). The molecule has 1 fully saturated rings. The molecule has 1 aliphatic rings. The maximum absolute atomic E-state index is 12.6. The summed E-state index contributed by atoms with van der Waals surface area (Å²) in [6, 6.07) is 6.92. The number of anilines is 1. The number of carbonyl (C=O) groups excluding carboxylic acids is 3. The quantitative estimate of drug-likeness (QED) is 0.917. The molecule has 3 amide bonds. The van der Waals surface area contributed by atoms with E-state index in [-0.39, 0.29) is 17.7 Å². The van der Waals surface area contributed by atoms with Gasteiger partial charge in [-0.05, 0) is 24.1 Å². The van der Waals surface area contributed by atoms with Gasteiger partial charge in [0.15, 0.2) is 0 Å². The lowest BCUT2D eigenvalue weighted by Crippen LogP contribution is -2.50. The fourth-order valence-corrected chi connectivity index (χ4v) is 2.75. The number of rotatable bonds is 4. The summed E-state index contributed by atoms with van der Waals surface area (Å²) >= 11 is 0. The summed E-state index contributed by atoms with van der Waals surface area (Å²) in [4.78, 5) is 39.4. The van der Waals surface area contributed by atoms with Crippen molar-refractivity contribution in [1.29, 1.82) is 0 Å². The Bertz CT molecular complexity index is 620. The van der Waals surface area contributed by atoms with Gasteiger partial charge in [-0.15, -0.1) is 0 Å². The lowest BCUT2D eigenvalue weighted by atomic mass is 10.1. The third kappa shape index (κ3) is 4.81. The molecule has 1 aromatic rings. The van der Waals surface area contributed by atoms with Crippen LogP contribution in [-0.4, -0.2) is 53.7 Å². The molecule has 6 heteroatoms. The minimum Gasteiger partial charge on any atom is -0.339 e. The molecule has 0 bridgehead atoms. The van der Waals surface area contributed by atoms with E-state index in [0.29, 0.717) is 49.8 Å². The van der Waals surface area contributed by atoms with Crippen LogP contribution in [0, 0.1) is 5.92 Å². The van der Waals surface area contributed by atoms with Gasteiger partial charge in [-0.25, -0.2) is 0 Å². The summed E-state index contributed by atoms with van der Waals surface area (Å²) in [6.07, 6.45) is 0.548. The minimum atomic E-state index is -0.170. The van der Waals surface area contributed by atoms with Gasteiger partial charge in [0.2, 0.25) is 11.8 Å². The molecule has 0 saturated carbocycles. The molecule has 1 N–H and O–H groups in total. The molecule has 0 atom stereocenters. The predicted molar refractivity (Wildman–Crippen MR) is 92.7 cm³/mol. The predicted octanol–water partition coefficient (Wildman–Crippen LogP) is 1.98. The van der Waals surface area contributed by atoms with Crippen LogP contribution in [0.5, 0.6) is 0 Å². The molecule has 0 aliphatic carbocycles. The Kier molecular flexibility index (Phi) is 5.95. The number of carbonyl (C=O) groups is 3. The molecule has 24 heavy (non-hydrogen) atoms. The van der Waals surface area contributed by atoms with Crippen LogP contribution in [0.1, 0.15) is 37.6 Å². The van der Waals surface area contributed by atoms with E-state index in [0.717, 1.165) is 0 Å². The highest BCUT2D eigenvalue weighted by Crippen LogP contribution is 2.15. The van der Waals surface area contributed by atoms with Crippen LogP contribution < -0.4 is 5.32 Å². The monoisotopic (exact) mass is 331 g/mol. The zero-order valence-corrected chi connectivity index (χ0v) is 14.5. The van der Waals surface area contributed by atoms with E-state index < -0.39 is 0 Å². The maximum atomic E-state index is 12.6. The molecule has 2 rings (SSSR count). The molecule has 6 nitrogen and oxygen atoms in total. The molecule has 1 saturated heterocycles. The number of piperazine rings is 1. The normalized spacial score (nSPS) is 14.7. The van der Waals surface area contributed by atoms with E-state index in [1.54, 1.807) is 29.2 Å². The molecule has 1 heterocycles. The summed E-state index contributed by atoms with van der Waals surface area (Å²) in [6.45, 7) is 7.70. The fourth-order valence-electron chi connectivity index (χ4n) is 2.75. The summed E-state index contributed by atoms with van der Waals surface area (Å²) in [7, 11) is 0. The molecular formula is C18H25N3O3. The second kappa shape index (κ2) is 7.95. The third-order valence-corrected chi connectivity index (χ3v) is 3.93. The van der Waals surface area contributed by atoms with Crippen molar-refractivity contribution in [2.45, 2.75) is 27.2 Å². The largest absolute Gasteiger partial charge is 0.339 e. The lowest BCUT2D eigenvalue weighted by Gasteiger charge is -2.35. The summed E-state index contributed by atoms with van der Waals surface area (Å²) in [5.74, 6) is 0.258. The molecular weight excluding hydrogens is 306 g/mol. The summed E-state index contributed by atoms with van der Waals surface area (Å²) < 4.78 is 0. The van der Waals surface area contributed by atoms with Crippen molar-refractivity contribution in [2.75, 3.05) is 31.5 Å². The highest BCUT2D eigenvalue weighted by Gasteiger charge is 2.25. The molecule has 0 unspecified atom stereocenters. The SMILES string of the molecule is CC(=O)Nc1cccc(C(=O)N2CCN(C(=O)CC(C)C)CC2)c1. The lowest BCUT2D eigenvalue weighted by molar-refractivity contribution is -0.133. The van der Waals surface area contributed by atoms with Gasteiger partial charge in [0.05, 0.1) is 0 Å². The third-order valence-electron chi connectivity index (χ3n) is 3.93. The average molecular weight is 331 g/mol. The van der Waals surface area contributed by atoms with Crippen LogP contribution in [0.2, 0.25) is 0 Å². The van der Waals surface area contributed by atoms with Crippen LogP contribution in [0.15, 0.2) is 24.3 Å². The van der Waals surface area contributed by atoms with Crippen LogP contribution in [0.25, 0.3) is 0 Å². The van der Waals surface area contributed by atoms with E-state index in [2.05, 4.69) is 5.32 Å². The van der Waals surface area contributed by atoms with Gasteiger partial charge in [-0.2, -0.15) is 0 Å². The zero-order chi connectivity index (χ0) is 17.7. The van der Waals surface area contributed by atoms with Crippen LogP contribution in [0.3, 0.4) is 0 Å². The van der Waals surface area contributed by atoms with Crippen molar-refractivity contribution < 1.29 is 14.4 Å². The van der Waals surface area contributed by atoms with Gasteiger partial charge in [-0.3, -0.25) is 14.4 Å². The minimum absolute atomic E-state index is 0.0711. The zero-order valence-electron chi connectivity index (χ0n) is 14.5. The topological polar surface area (TPSA) is 69.7 Å². The average Bonchev–Trinajstić information content (AvgIpc) is 2.53. The number of nitrogens with zero attached hydrogens (tertiary/aromatic N) is 2. The second-order valence-corrected chi connectivity index (χ2v) is 6.53. The molecule has 1 aliphatic heterocycles. The number of hydrogen-bond donors (Lipinski definition) is 1. The Morgan fingerprint density at radius 2 is 1.71 bits per heavy atom. The highest BCUT2D eigenvalue weighted by molar-refractivity contribution is 5.97. The van der Waals surface area contributed by atoms with Crippen molar-refractivity contribution in [3.8, 4) is 0 Å². The first-order chi connectivity index (χ1) is 11.4. The Hall–Kier alpha value is -2.37. The summed E-state index contributed by atoms with van der Waals surface area (Å²) in [5, 5.41) is 2.68. The van der Waals surface area contributed by atoms with Crippen molar-refractivity contribution >= 4 is 23.4 Å². The first kappa shape index (κ1) is 18.0. The van der Waals surface area contributed by atoms with Crippen molar-refractivity contribution in [1.82, 2.24) is 9.80 Å². The van der Waals surface area contributed by atoms with E-state index in [1.165, 1.54) is 6.92 Å². The Labute approximate surface area is 142 Å². The molecule has 0 radical (unpaired) electrons.